The summed E-state index contributed by atoms with van der Waals surface area (Å²) in [5, 5.41) is 0.955. The van der Waals surface area contributed by atoms with Crippen LogP contribution in [-0.4, -0.2) is 4.98 Å². The molecule has 1 rings (SSSR count). The first kappa shape index (κ1) is 5.98. The lowest BCUT2D eigenvalue weighted by atomic mass is 10.7. The van der Waals surface area contributed by atoms with Gasteiger partial charge in [0.25, 0.3) is 0 Å². The highest BCUT2D eigenvalue weighted by Gasteiger charge is 1.90. The van der Waals surface area contributed by atoms with Crippen molar-refractivity contribution < 1.29 is 0 Å². The minimum absolute atomic E-state index is 0.955. The molecule has 0 N–H and O–H groups in total. The van der Waals surface area contributed by atoms with Gasteiger partial charge in [-0.05, 0) is 22.0 Å². The SMILES string of the molecule is C=Cc1ncc(Br)s1. The van der Waals surface area contributed by atoms with E-state index >= 15 is 0 Å². The highest BCUT2D eigenvalue weighted by Crippen LogP contribution is 2.19. The Labute approximate surface area is 60.2 Å². The standard InChI is InChI=1S/C5H4BrNS/c1-2-5-7-3-4(6)8-5/h2-3H,1H2. The van der Waals surface area contributed by atoms with Crippen LogP contribution < -0.4 is 0 Å². The monoisotopic (exact) mass is 189 g/mol. The molecule has 0 aliphatic rings. The van der Waals surface area contributed by atoms with E-state index < -0.39 is 0 Å². The van der Waals surface area contributed by atoms with Gasteiger partial charge in [0.15, 0.2) is 0 Å². The lowest BCUT2D eigenvalue weighted by Gasteiger charge is -1.71. The minimum atomic E-state index is 0.955. The number of hydrogen-bond acceptors (Lipinski definition) is 2. The van der Waals surface area contributed by atoms with Gasteiger partial charge in [-0.3, -0.25) is 0 Å². The molecule has 0 unspecified atom stereocenters. The molecule has 3 heteroatoms. The zero-order valence-electron chi connectivity index (χ0n) is 4.10. The molecule has 0 atom stereocenters. The normalized spacial score (nSPS) is 9.12. The van der Waals surface area contributed by atoms with Crippen LogP contribution in [0, 0.1) is 0 Å². The Balaban J connectivity index is 3.00. The van der Waals surface area contributed by atoms with E-state index in [4.69, 9.17) is 0 Å². The molecule has 0 bridgehead atoms. The predicted molar refractivity (Wildman–Crippen MR) is 39.9 cm³/mol. The van der Waals surface area contributed by atoms with Crippen LogP contribution in [0.3, 0.4) is 0 Å². The highest BCUT2D eigenvalue weighted by atomic mass is 79.9. The van der Waals surface area contributed by atoms with Crippen LogP contribution in [0.25, 0.3) is 6.08 Å². The lowest BCUT2D eigenvalue weighted by molar-refractivity contribution is 1.39. The molecular formula is C5H4BrNS. The maximum absolute atomic E-state index is 3.99. The Hall–Kier alpha value is -0.150. The van der Waals surface area contributed by atoms with Crippen LogP contribution in [-0.2, 0) is 0 Å². The third kappa shape index (κ3) is 1.17. The van der Waals surface area contributed by atoms with Crippen molar-refractivity contribution >= 4 is 33.3 Å². The van der Waals surface area contributed by atoms with Gasteiger partial charge in [-0.2, -0.15) is 0 Å². The number of rotatable bonds is 1. The van der Waals surface area contributed by atoms with Gasteiger partial charge in [-0.1, -0.05) is 6.58 Å². The molecule has 42 valence electrons. The zero-order valence-corrected chi connectivity index (χ0v) is 6.50. The summed E-state index contributed by atoms with van der Waals surface area (Å²) in [6.07, 6.45) is 3.50. The van der Waals surface area contributed by atoms with Gasteiger partial charge >= 0.3 is 0 Å². The van der Waals surface area contributed by atoms with E-state index in [2.05, 4.69) is 27.5 Å². The molecular weight excluding hydrogens is 186 g/mol. The molecule has 0 radical (unpaired) electrons. The fourth-order valence-electron chi connectivity index (χ4n) is 0.361. The fourth-order valence-corrected chi connectivity index (χ4v) is 1.46. The molecule has 0 saturated carbocycles. The lowest BCUT2D eigenvalue weighted by Crippen LogP contribution is -1.58. The van der Waals surface area contributed by atoms with Gasteiger partial charge in [0.1, 0.15) is 5.01 Å². The Bertz CT molecular complexity index is 194. The molecule has 0 saturated heterocycles. The van der Waals surface area contributed by atoms with Crippen molar-refractivity contribution in [1.29, 1.82) is 0 Å². The van der Waals surface area contributed by atoms with E-state index in [-0.39, 0.29) is 0 Å². The van der Waals surface area contributed by atoms with Gasteiger partial charge < -0.3 is 0 Å². The summed E-state index contributed by atoms with van der Waals surface area (Å²) in [7, 11) is 0. The largest absolute Gasteiger partial charge is 0.244 e. The summed E-state index contributed by atoms with van der Waals surface area (Å²) in [6.45, 7) is 3.57. The number of thiazole rings is 1. The summed E-state index contributed by atoms with van der Waals surface area (Å²) in [5.74, 6) is 0. The second kappa shape index (κ2) is 2.42. The first-order valence-electron chi connectivity index (χ1n) is 2.06. The van der Waals surface area contributed by atoms with Crippen LogP contribution in [0.15, 0.2) is 16.6 Å². The van der Waals surface area contributed by atoms with Crippen LogP contribution >= 0.6 is 27.3 Å². The van der Waals surface area contributed by atoms with Crippen LogP contribution in [0.4, 0.5) is 0 Å². The maximum atomic E-state index is 3.99. The third-order valence-electron chi connectivity index (χ3n) is 0.670. The second-order valence-electron chi connectivity index (χ2n) is 1.21. The van der Waals surface area contributed by atoms with Crippen molar-refractivity contribution in [3.63, 3.8) is 0 Å². The van der Waals surface area contributed by atoms with E-state index in [1.54, 1.807) is 23.6 Å². The third-order valence-corrected chi connectivity index (χ3v) is 2.14. The van der Waals surface area contributed by atoms with Crippen LogP contribution in [0.2, 0.25) is 0 Å². The molecule has 0 aliphatic carbocycles. The number of hydrogen-bond donors (Lipinski definition) is 0. The predicted octanol–water partition coefficient (Wildman–Crippen LogP) is 2.55. The molecule has 0 aliphatic heterocycles. The van der Waals surface area contributed by atoms with Crippen LogP contribution in [0.1, 0.15) is 5.01 Å². The van der Waals surface area contributed by atoms with Crippen molar-refractivity contribution in [2.75, 3.05) is 0 Å². The fraction of sp³-hybridized carbons (Fsp3) is 0. The summed E-state index contributed by atoms with van der Waals surface area (Å²) < 4.78 is 1.05. The Morgan fingerprint density at radius 3 is 2.88 bits per heavy atom. The molecule has 0 spiro atoms. The Morgan fingerprint density at radius 2 is 2.62 bits per heavy atom. The van der Waals surface area contributed by atoms with Gasteiger partial charge in [0.05, 0.1) is 9.98 Å². The van der Waals surface area contributed by atoms with Gasteiger partial charge in [0, 0.05) is 0 Å². The van der Waals surface area contributed by atoms with E-state index in [0.717, 1.165) is 8.79 Å². The highest BCUT2D eigenvalue weighted by molar-refractivity contribution is 9.11. The van der Waals surface area contributed by atoms with Crippen molar-refractivity contribution in [3.8, 4) is 0 Å². The quantitative estimate of drug-likeness (QED) is 0.663. The first-order chi connectivity index (χ1) is 3.83. The molecule has 0 aromatic carbocycles. The van der Waals surface area contributed by atoms with Crippen LogP contribution in [0.5, 0.6) is 0 Å². The molecule has 0 amide bonds. The average Bonchev–Trinajstić information content (AvgIpc) is 2.14. The maximum Gasteiger partial charge on any atom is 0.116 e. The molecule has 1 aromatic rings. The van der Waals surface area contributed by atoms with E-state index in [0.29, 0.717) is 0 Å². The molecule has 8 heavy (non-hydrogen) atoms. The van der Waals surface area contributed by atoms with Crippen molar-refractivity contribution in [1.82, 2.24) is 4.98 Å². The van der Waals surface area contributed by atoms with Gasteiger partial charge in [-0.25, -0.2) is 4.98 Å². The van der Waals surface area contributed by atoms with E-state index in [1.165, 1.54) is 0 Å². The summed E-state index contributed by atoms with van der Waals surface area (Å²) >= 11 is 4.86. The van der Waals surface area contributed by atoms with E-state index in [9.17, 15) is 0 Å². The van der Waals surface area contributed by atoms with Crippen molar-refractivity contribution in [2.45, 2.75) is 0 Å². The summed E-state index contributed by atoms with van der Waals surface area (Å²) in [4.78, 5) is 3.99. The second-order valence-corrected chi connectivity index (χ2v) is 3.65. The molecule has 0 fully saturated rings. The summed E-state index contributed by atoms with van der Waals surface area (Å²) in [6, 6.07) is 0. The molecule has 1 heterocycles. The number of nitrogens with zero attached hydrogens (tertiary/aromatic N) is 1. The van der Waals surface area contributed by atoms with Crippen molar-refractivity contribution in [3.05, 3.63) is 21.6 Å². The Kier molecular flexibility index (Phi) is 1.81. The van der Waals surface area contributed by atoms with Crippen molar-refractivity contribution in [2.24, 2.45) is 0 Å². The van der Waals surface area contributed by atoms with Gasteiger partial charge in [0.2, 0.25) is 0 Å². The molecule has 1 aromatic heterocycles. The topological polar surface area (TPSA) is 12.9 Å². The number of halogens is 1. The van der Waals surface area contributed by atoms with E-state index in [1.807, 2.05) is 0 Å². The minimum Gasteiger partial charge on any atom is -0.244 e. The molecule has 1 nitrogen and oxygen atoms in total. The Morgan fingerprint density at radius 1 is 1.88 bits per heavy atom. The first-order valence-corrected chi connectivity index (χ1v) is 3.67. The smallest absolute Gasteiger partial charge is 0.116 e. The van der Waals surface area contributed by atoms with Gasteiger partial charge in [-0.15, -0.1) is 11.3 Å². The zero-order chi connectivity index (χ0) is 5.98. The average molecular weight is 190 g/mol. The summed E-state index contributed by atoms with van der Waals surface area (Å²) in [5.41, 5.74) is 0. The number of aromatic nitrogens is 1.